The Bertz CT molecular complexity index is 1450. The fourth-order valence-electron chi connectivity index (χ4n) is 12.3. The Labute approximate surface area is 269 Å². The van der Waals surface area contributed by atoms with E-state index in [4.69, 9.17) is 4.74 Å². The SMILES string of the molecule is CN[C@H](Cc1ccccc1CO)[C@@H]1C[C@H]2C[C@@]3(O)[C@](C)(CC[C@H]4[C@]5(C=O)CC[C@H](O)C[C@@]5(O)CC[C@]43O)[C@@]2(CO)C2=CC(=O)O[C@H]21. The molecule has 0 aromatic heterocycles. The number of benzene rings is 1. The number of aldehydes is 1. The highest BCUT2D eigenvalue weighted by Crippen LogP contribution is 2.78. The van der Waals surface area contributed by atoms with Gasteiger partial charge in [0.25, 0.3) is 0 Å². The van der Waals surface area contributed by atoms with Crippen molar-refractivity contribution in [1.29, 1.82) is 0 Å². The van der Waals surface area contributed by atoms with Crippen LogP contribution in [-0.4, -0.2) is 91.6 Å². The third-order valence-electron chi connectivity index (χ3n) is 14.6. The molecule has 0 saturated heterocycles. The van der Waals surface area contributed by atoms with Crippen LogP contribution in [0.5, 0.6) is 0 Å². The Balaban J connectivity index is 1.31. The minimum atomic E-state index is -1.74. The first-order chi connectivity index (χ1) is 21.8. The Morgan fingerprint density at radius 3 is 2.46 bits per heavy atom. The maximum Gasteiger partial charge on any atom is 0.331 e. The number of ether oxygens (including phenoxy) is 1. The van der Waals surface area contributed by atoms with Crippen molar-refractivity contribution in [3.8, 4) is 0 Å². The van der Waals surface area contributed by atoms with Gasteiger partial charge in [-0.25, -0.2) is 4.79 Å². The smallest absolute Gasteiger partial charge is 0.331 e. The van der Waals surface area contributed by atoms with Gasteiger partial charge < -0.3 is 45.5 Å². The van der Waals surface area contributed by atoms with E-state index in [9.17, 15) is 40.2 Å². The number of aliphatic hydroxyl groups is 6. The fourth-order valence-corrected chi connectivity index (χ4v) is 12.3. The third kappa shape index (κ3) is 3.78. The topological polar surface area (TPSA) is 177 Å². The summed E-state index contributed by atoms with van der Waals surface area (Å²) in [4.78, 5) is 26.1. The number of aliphatic hydroxyl groups excluding tert-OH is 3. The van der Waals surface area contributed by atoms with Gasteiger partial charge in [0, 0.05) is 41.2 Å². The quantitative estimate of drug-likeness (QED) is 0.170. The maximum atomic E-state index is 13.2. The standard InChI is InChI=1S/C36H49NO9/c1-31-9-8-28-32(19-39)10-7-24(41)17-33(32,43)11-12-35(28,44)36(31,45)16-23-14-25(30-26(15-29(42)46-30)34(23,31)20-40)27(37-2)13-21-5-3-4-6-22(21)18-38/h3-6,15,19,23-25,27-28,30,37-38,40-41,43-45H,7-14,16-18,20H2,1-2H3/t23-,24-,25-,27+,28-,30-,31+,32+,33-,34+,35-,36+/m0/s1. The van der Waals surface area contributed by atoms with Crippen molar-refractivity contribution in [2.45, 2.75) is 113 Å². The van der Waals surface area contributed by atoms with Gasteiger partial charge in [0.2, 0.25) is 0 Å². The number of carbonyl (C=O) groups is 2. The average molecular weight is 640 g/mol. The van der Waals surface area contributed by atoms with Gasteiger partial charge in [-0.3, -0.25) is 0 Å². The number of carbonyl (C=O) groups excluding carboxylic acids is 2. The van der Waals surface area contributed by atoms with E-state index in [0.29, 0.717) is 37.7 Å². The van der Waals surface area contributed by atoms with Gasteiger partial charge in [0.1, 0.15) is 18.0 Å². The second-order valence-electron chi connectivity index (χ2n) is 15.7. The summed E-state index contributed by atoms with van der Waals surface area (Å²) in [6.45, 7) is 1.48. The summed E-state index contributed by atoms with van der Waals surface area (Å²) in [6, 6.07) is 7.52. The summed E-state index contributed by atoms with van der Waals surface area (Å²) < 4.78 is 6.03. The molecule has 7 N–H and O–H groups in total. The van der Waals surface area contributed by atoms with E-state index in [0.717, 1.165) is 17.4 Å². The zero-order chi connectivity index (χ0) is 32.9. The number of rotatable bonds is 7. The summed E-state index contributed by atoms with van der Waals surface area (Å²) in [5.74, 6) is -1.75. The van der Waals surface area contributed by atoms with Crippen molar-refractivity contribution in [2.24, 2.45) is 34.0 Å². The fraction of sp³-hybridized carbons (Fsp3) is 0.722. The lowest BCUT2D eigenvalue weighted by molar-refractivity contribution is -0.321. The molecule has 7 rings (SSSR count). The molecule has 46 heavy (non-hydrogen) atoms. The molecule has 0 amide bonds. The molecule has 0 unspecified atom stereocenters. The van der Waals surface area contributed by atoms with Gasteiger partial charge in [-0.2, -0.15) is 0 Å². The monoisotopic (exact) mass is 639 g/mol. The Morgan fingerprint density at radius 1 is 1.04 bits per heavy atom. The number of fused-ring (bicyclic) bond motifs is 9. The molecule has 5 fully saturated rings. The molecule has 10 heteroatoms. The highest BCUT2D eigenvalue weighted by Gasteiger charge is 2.83. The minimum absolute atomic E-state index is 0.0508. The molecule has 6 aliphatic rings. The molecule has 0 spiro atoms. The highest BCUT2D eigenvalue weighted by atomic mass is 16.5. The van der Waals surface area contributed by atoms with Crippen molar-refractivity contribution >= 4 is 12.3 Å². The lowest BCUT2D eigenvalue weighted by Gasteiger charge is -2.69. The van der Waals surface area contributed by atoms with E-state index in [1.54, 1.807) is 0 Å². The van der Waals surface area contributed by atoms with Crippen molar-refractivity contribution in [3.05, 3.63) is 47.0 Å². The van der Waals surface area contributed by atoms with Crippen LogP contribution in [0.3, 0.4) is 0 Å². The second kappa shape index (κ2) is 10.7. The third-order valence-corrected chi connectivity index (χ3v) is 14.6. The van der Waals surface area contributed by atoms with Gasteiger partial charge in [0.15, 0.2) is 0 Å². The first-order valence-corrected chi connectivity index (χ1v) is 17.0. The minimum Gasteiger partial charge on any atom is -0.454 e. The van der Waals surface area contributed by atoms with Crippen LogP contribution in [0.25, 0.3) is 0 Å². The van der Waals surface area contributed by atoms with Crippen LogP contribution in [-0.2, 0) is 27.4 Å². The van der Waals surface area contributed by atoms with Gasteiger partial charge in [-0.1, -0.05) is 31.2 Å². The number of hydrogen-bond donors (Lipinski definition) is 7. The maximum absolute atomic E-state index is 13.2. The molecule has 1 heterocycles. The summed E-state index contributed by atoms with van der Waals surface area (Å²) in [6.07, 6.45) is 3.56. The van der Waals surface area contributed by atoms with E-state index < -0.39 is 57.1 Å². The van der Waals surface area contributed by atoms with Crippen LogP contribution in [0.2, 0.25) is 0 Å². The summed E-state index contributed by atoms with van der Waals surface area (Å²) in [5, 5.41) is 73.3. The zero-order valence-electron chi connectivity index (χ0n) is 26.8. The van der Waals surface area contributed by atoms with E-state index in [-0.39, 0.29) is 63.2 Å². The Morgan fingerprint density at radius 2 is 1.78 bits per heavy atom. The molecule has 10 nitrogen and oxygen atoms in total. The van der Waals surface area contributed by atoms with Crippen LogP contribution in [0.4, 0.5) is 0 Å². The van der Waals surface area contributed by atoms with Crippen LogP contribution < -0.4 is 5.32 Å². The van der Waals surface area contributed by atoms with Crippen LogP contribution in [0, 0.1) is 34.0 Å². The number of likely N-dealkylation sites (N-methyl/N-ethyl adjacent to an activating group) is 1. The molecule has 1 aromatic rings. The van der Waals surface area contributed by atoms with Crippen LogP contribution >= 0.6 is 0 Å². The zero-order valence-corrected chi connectivity index (χ0v) is 26.8. The predicted octanol–water partition coefficient (Wildman–Crippen LogP) is 1.31. The van der Waals surface area contributed by atoms with Gasteiger partial charge in [-0.15, -0.1) is 0 Å². The number of hydrogen-bond acceptors (Lipinski definition) is 10. The Hall–Kier alpha value is -2.18. The first kappa shape index (κ1) is 32.4. The summed E-state index contributed by atoms with van der Waals surface area (Å²) in [7, 11) is 1.86. The number of esters is 1. The largest absolute Gasteiger partial charge is 0.454 e. The van der Waals surface area contributed by atoms with E-state index in [2.05, 4.69) is 5.32 Å². The van der Waals surface area contributed by atoms with Crippen molar-refractivity contribution in [1.82, 2.24) is 5.32 Å². The van der Waals surface area contributed by atoms with Gasteiger partial charge >= 0.3 is 5.97 Å². The lowest BCUT2D eigenvalue weighted by atomic mass is 9.38. The second-order valence-corrected chi connectivity index (χ2v) is 15.7. The first-order valence-electron chi connectivity index (χ1n) is 17.0. The normalized spacial score (nSPS) is 48.2. The molecule has 1 aliphatic heterocycles. The Kier molecular flexibility index (Phi) is 7.50. The summed E-state index contributed by atoms with van der Waals surface area (Å²) in [5.41, 5.74) is -5.94. The molecule has 5 saturated carbocycles. The van der Waals surface area contributed by atoms with E-state index in [1.807, 2.05) is 38.2 Å². The van der Waals surface area contributed by atoms with Crippen LogP contribution in [0.1, 0.15) is 75.8 Å². The highest BCUT2D eigenvalue weighted by molar-refractivity contribution is 5.86. The van der Waals surface area contributed by atoms with Crippen molar-refractivity contribution in [2.75, 3.05) is 13.7 Å². The molecule has 252 valence electrons. The molecular formula is C36H49NO9. The molecule has 12 atom stereocenters. The summed E-state index contributed by atoms with van der Waals surface area (Å²) >= 11 is 0. The van der Waals surface area contributed by atoms with Gasteiger partial charge in [-0.05, 0) is 87.5 Å². The average Bonchev–Trinajstić information content (AvgIpc) is 3.53. The van der Waals surface area contributed by atoms with Crippen LogP contribution in [0.15, 0.2) is 35.9 Å². The molecular weight excluding hydrogens is 590 g/mol. The molecule has 0 radical (unpaired) electrons. The van der Waals surface area contributed by atoms with Crippen molar-refractivity contribution in [3.63, 3.8) is 0 Å². The van der Waals surface area contributed by atoms with Crippen molar-refractivity contribution < 1.29 is 45.0 Å². The molecule has 1 aromatic carbocycles. The lowest BCUT2D eigenvalue weighted by Crippen LogP contribution is -2.78. The van der Waals surface area contributed by atoms with E-state index in [1.165, 1.54) is 6.08 Å². The predicted molar refractivity (Wildman–Crippen MR) is 166 cm³/mol. The van der Waals surface area contributed by atoms with Gasteiger partial charge in [0.05, 0.1) is 35.9 Å². The number of nitrogens with one attached hydrogen (secondary N) is 1. The molecule has 0 bridgehead atoms. The van der Waals surface area contributed by atoms with E-state index >= 15 is 0 Å². The molecule has 5 aliphatic carbocycles.